The van der Waals surface area contributed by atoms with Gasteiger partial charge >= 0.3 is 12.1 Å². The summed E-state index contributed by atoms with van der Waals surface area (Å²) in [5.41, 5.74) is -1.57. The van der Waals surface area contributed by atoms with Crippen LogP contribution in [0.15, 0.2) is 16.6 Å². The van der Waals surface area contributed by atoms with Crippen molar-refractivity contribution in [3.63, 3.8) is 0 Å². The van der Waals surface area contributed by atoms with Crippen molar-refractivity contribution in [3.05, 3.63) is 28.0 Å². The van der Waals surface area contributed by atoms with Gasteiger partial charge in [-0.1, -0.05) is 0 Å². The number of hydrogen-bond acceptors (Lipinski definition) is 3. The molecule has 0 fully saturated rings. The molecular weight excluding hydrogens is 321 g/mol. The first-order chi connectivity index (χ1) is 8.61. The second-order valence-electron chi connectivity index (χ2n) is 4.71. The predicted octanol–water partition coefficient (Wildman–Crippen LogP) is 3.63. The van der Waals surface area contributed by atoms with Crippen LogP contribution in [-0.2, 0) is 4.74 Å². The Morgan fingerprint density at radius 2 is 1.95 bits per heavy atom. The number of carbonyl (C=O) groups excluding carboxylic acids is 1. The fourth-order valence-electron chi connectivity index (χ4n) is 1.29. The van der Waals surface area contributed by atoms with Crippen molar-refractivity contribution in [2.75, 3.05) is 5.32 Å². The number of carboxylic acid groups (broad SMARTS) is 1. The number of halogens is 2. The zero-order valence-electron chi connectivity index (χ0n) is 10.6. The number of ether oxygens (including phenoxy) is 1. The monoisotopic (exact) mass is 333 g/mol. The zero-order chi connectivity index (χ0) is 14.8. The molecule has 0 atom stereocenters. The third-order valence-electron chi connectivity index (χ3n) is 1.94. The van der Waals surface area contributed by atoms with Crippen molar-refractivity contribution in [1.29, 1.82) is 0 Å². The van der Waals surface area contributed by atoms with Crippen LogP contribution in [0.4, 0.5) is 14.9 Å². The average Bonchev–Trinajstić information content (AvgIpc) is 2.20. The molecule has 0 unspecified atom stereocenters. The molecule has 1 aromatic carbocycles. The highest BCUT2D eigenvalue weighted by molar-refractivity contribution is 9.10. The summed E-state index contributed by atoms with van der Waals surface area (Å²) in [6.07, 6.45) is -0.924. The Kier molecular flexibility index (Phi) is 4.52. The number of rotatable bonds is 2. The van der Waals surface area contributed by atoms with Gasteiger partial charge in [-0.05, 0) is 48.8 Å². The van der Waals surface area contributed by atoms with Gasteiger partial charge in [-0.3, -0.25) is 5.32 Å². The maximum absolute atomic E-state index is 13.6. The van der Waals surface area contributed by atoms with E-state index in [-0.39, 0.29) is 10.0 Å². The Morgan fingerprint density at radius 3 is 2.42 bits per heavy atom. The maximum Gasteiger partial charge on any atom is 0.412 e. The van der Waals surface area contributed by atoms with Crippen molar-refractivity contribution in [3.8, 4) is 0 Å². The molecule has 0 aliphatic carbocycles. The Labute approximate surface area is 117 Å². The van der Waals surface area contributed by atoms with Crippen molar-refractivity contribution >= 4 is 33.7 Å². The number of hydrogen-bond donors (Lipinski definition) is 2. The van der Waals surface area contributed by atoms with Gasteiger partial charge in [0.25, 0.3) is 0 Å². The van der Waals surface area contributed by atoms with Gasteiger partial charge in [-0.25, -0.2) is 14.0 Å². The highest BCUT2D eigenvalue weighted by atomic mass is 79.9. The lowest BCUT2D eigenvalue weighted by Gasteiger charge is -2.20. The lowest BCUT2D eigenvalue weighted by molar-refractivity contribution is 0.0635. The van der Waals surface area contributed by atoms with Gasteiger partial charge in [0.1, 0.15) is 17.0 Å². The summed E-state index contributed by atoms with van der Waals surface area (Å²) in [5, 5.41) is 11.1. The number of aromatic carboxylic acids is 1. The molecule has 0 saturated carbocycles. The largest absolute Gasteiger partial charge is 0.478 e. The van der Waals surface area contributed by atoms with Crippen LogP contribution in [0.2, 0.25) is 0 Å². The minimum Gasteiger partial charge on any atom is -0.478 e. The minimum atomic E-state index is -1.36. The number of amides is 1. The Hall–Kier alpha value is -1.63. The van der Waals surface area contributed by atoms with Crippen LogP contribution in [0.3, 0.4) is 0 Å². The van der Waals surface area contributed by atoms with E-state index in [1.165, 1.54) is 6.07 Å². The summed E-state index contributed by atoms with van der Waals surface area (Å²) in [6.45, 7) is 4.92. The molecule has 0 heterocycles. The van der Waals surface area contributed by atoms with Gasteiger partial charge < -0.3 is 9.84 Å². The molecule has 19 heavy (non-hydrogen) atoms. The van der Waals surface area contributed by atoms with Crippen LogP contribution in [-0.4, -0.2) is 22.8 Å². The molecule has 1 amide bonds. The third-order valence-corrected chi connectivity index (χ3v) is 2.60. The van der Waals surface area contributed by atoms with Crippen molar-refractivity contribution in [1.82, 2.24) is 0 Å². The van der Waals surface area contributed by atoms with Crippen LogP contribution < -0.4 is 5.32 Å². The van der Waals surface area contributed by atoms with Gasteiger partial charge in [0.15, 0.2) is 0 Å². The molecule has 2 N–H and O–H groups in total. The number of nitrogens with one attached hydrogen (secondary N) is 1. The lowest BCUT2D eigenvalue weighted by atomic mass is 10.1. The van der Waals surface area contributed by atoms with E-state index in [1.807, 2.05) is 0 Å². The molecule has 0 aliphatic heterocycles. The van der Waals surface area contributed by atoms with Crippen molar-refractivity contribution in [2.45, 2.75) is 26.4 Å². The predicted molar refractivity (Wildman–Crippen MR) is 70.9 cm³/mol. The van der Waals surface area contributed by atoms with E-state index in [0.717, 1.165) is 6.07 Å². The molecule has 7 heteroatoms. The summed E-state index contributed by atoms with van der Waals surface area (Å²) in [4.78, 5) is 22.6. The second kappa shape index (κ2) is 5.56. The number of benzene rings is 1. The highest BCUT2D eigenvalue weighted by Crippen LogP contribution is 2.28. The van der Waals surface area contributed by atoms with E-state index in [9.17, 15) is 14.0 Å². The third kappa shape index (κ3) is 4.20. The van der Waals surface area contributed by atoms with E-state index < -0.39 is 29.2 Å². The molecule has 0 aliphatic rings. The Bertz CT molecular complexity index is 525. The first kappa shape index (κ1) is 15.4. The SMILES string of the molecule is CC(C)(C)OC(=O)Nc1c(F)ccc(Br)c1C(=O)O. The molecule has 1 rings (SSSR count). The Balaban J connectivity index is 3.10. The molecule has 0 bridgehead atoms. The molecule has 0 spiro atoms. The van der Waals surface area contributed by atoms with Crippen LogP contribution in [0, 0.1) is 5.82 Å². The normalized spacial score (nSPS) is 11.0. The minimum absolute atomic E-state index is 0.160. The highest BCUT2D eigenvalue weighted by Gasteiger charge is 2.23. The van der Waals surface area contributed by atoms with Crippen molar-refractivity contribution in [2.24, 2.45) is 0 Å². The van der Waals surface area contributed by atoms with Crippen LogP contribution in [0.5, 0.6) is 0 Å². The molecule has 5 nitrogen and oxygen atoms in total. The zero-order valence-corrected chi connectivity index (χ0v) is 12.2. The van der Waals surface area contributed by atoms with Gasteiger partial charge in [0.2, 0.25) is 0 Å². The molecular formula is C12H13BrFNO4. The smallest absolute Gasteiger partial charge is 0.412 e. The maximum atomic E-state index is 13.6. The van der Waals surface area contributed by atoms with Crippen LogP contribution in [0.1, 0.15) is 31.1 Å². The quantitative estimate of drug-likeness (QED) is 0.866. The van der Waals surface area contributed by atoms with Crippen LogP contribution in [0.25, 0.3) is 0 Å². The van der Waals surface area contributed by atoms with E-state index in [0.29, 0.717) is 0 Å². The fraction of sp³-hybridized carbons (Fsp3) is 0.333. The second-order valence-corrected chi connectivity index (χ2v) is 5.57. The summed E-state index contributed by atoms with van der Waals surface area (Å²) in [5.74, 6) is -2.22. The van der Waals surface area contributed by atoms with Crippen LogP contribution >= 0.6 is 15.9 Å². The number of anilines is 1. The molecule has 0 aromatic heterocycles. The first-order valence-corrected chi connectivity index (χ1v) is 6.12. The summed E-state index contributed by atoms with van der Waals surface area (Å²) in [7, 11) is 0. The van der Waals surface area contributed by atoms with E-state index in [1.54, 1.807) is 20.8 Å². The van der Waals surface area contributed by atoms with Crippen molar-refractivity contribution < 1.29 is 23.8 Å². The average molecular weight is 334 g/mol. The number of carboxylic acids is 1. The van der Waals surface area contributed by atoms with Gasteiger partial charge in [0.05, 0.1) is 5.69 Å². The molecule has 0 saturated heterocycles. The standard InChI is InChI=1S/C12H13BrFNO4/c1-12(2,3)19-11(18)15-9-7(14)5-4-6(13)8(9)10(16)17/h4-5H,1-3H3,(H,15,18)(H,16,17). The lowest BCUT2D eigenvalue weighted by Crippen LogP contribution is -2.28. The van der Waals surface area contributed by atoms with E-state index >= 15 is 0 Å². The van der Waals surface area contributed by atoms with E-state index in [2.05, 4.69) is 21.2 Å². The summed E-state index contributed by atoms with van der Waals surface area (Å²) in [6, 6.07) is 2.29. The molecule has 0 radical (unpaired) electrons. The first-order valence-electron chi connectivity index (χ1n) is 5.33. The topological polar surface area (TPSA) is 75.6 Å². The number of carbonyl (C=O) groups is 2. The summed E-state index contributed by atoms with van der Waals surface area (Å²) < 4.78 is 18.7. The van der Waals surface area contributed by atoms with E-state index in [4.69, 9.17) is 9.84 Å². The van der Waals surface area contributed by atoms with Gasteiger partial charge in [-0.15, -0.1) is 0 Å². The van der Waals surface area contributed by atoms with Gasteiger partial charge in [-0.2, -0.15) is 0 Å². The Morgan fingerprint density at radius 1 is 1.37 bits per heavy atom. The van der Waals surface area contributed by atoms with Gasteiger partial charge in [0, 0.05) is 4.47 Å². The summed E-state index contributed by atoms with van der Waals surface area (Å²) >= 11 is 2.99. The molecule has 104 valence electrons. The molecule has 1 aromatic rings. The fourth-order valence-corrected chi connectivity index (χ4v) is 1.79.